The second-order valence-electron chi connectivity index (χ2n) is 5.29. The third-order valence-corrected chi connectivity index (χ3v) is 4.45. The van der Waals surface area contributed by atoms with Crippen LogP contribution in [0, 0.1) is 5.92 Å². The van der Waals surface area contributed by atoms with Crippen LogP contribution in [-0.4, -0.2) is 49.0 Å². The number of thiazole rings is 1. The van der Waals surface area contributed by atoms with Gasteiger partial charge in [0.05, 0.1) is 0 Å². The molecule has 0 aromatic carbocycles. The number of rotatable bonds is 6. The van der Waals surface area contributed by atoms with E-state index in [4.69, 9.17) is 5.73 Å². The molecule has 1 aliphatic rings. The number of nitrogen functional groups attached to an aromatic ring is 1. The molecule has 2 heterocycles. The summed E-state index contributed by atoms with van der Waals surface area (Å²) in [5, 5.41) is 6.84. The summed E-state index contributed by atoms with van der Waals surface area (Å²) in [6.07, 6.45) is 2.15. The van der Waals surface area contributed by atoms with Gasteiger partial charge in [-0.15, -0.1) is 0 Å². The number of anilines is 2. The van der Waals surface area contributed by atoms with Gasteiger partial charge in [0.25, 0.3) is 5.91 Å². The van der Waals surface area contributed by atoms with Crippen LogP contribution in [0.4, 0.5) is 10.9 Å². The van der Waals surface area contributed by atoms with Crippen LogP contribution >= 0.6 is 11.3 Å². The monoisotopic (exact) mass is 297 g/mol. The first-order valence-electron chi connectivity index (χ1n) is 7.07. The van der Waals surface area contributed by atoms with Gasteiger partial charge in [-0.1, -0.05) is 18.3 Å². The Hall–Kier alpha value is -1.34. The molecular formula is C13H23N5OS. The van der Waals surface area contributed by atoms with Crippen LogP contribution in [0.2, 0.25) is 0 Å². The number of aromatic nitrogens is 1. The summed E-state index contributed by atoms with van der Waals surface area (Å²) < 4.78 is 0. The lowest BCUT2D eigenvalue weighted by Gasteiger charge is -2.11. The van der Waals surface area contributed by atoms with E-state index < -0.39 is 0 Å². The minimum atomic E-state index is -0.112. The van der Waals surface area contributed by atoms with Crippen LogP contribution in [0.5, 0.6) is 0 Å². The van der Waals surface area contributed by atoms with Gasteiger partial charge in [0.1, 0.15) is 10.7 Å². The first-order chi connectivity index (χ1) is 9.60. The molecule has 1 fully saturated rings. The van der Waals surface area contributed by atoms with Gasteiger partial charge in [0.2, 0.25) is 0 Å². The molecule has 4 N–H and O–H groups in total. The van der Waals surface area contributed by atoms with Gasteiger partial charge in [0, 0.05) is 19.6 Å². The smallest absolute Gasteiger partial charge is 0.265 e. The average Bonchev–Trinajstić information content (AvgIpc) is 3.00. The van der Waals surface area contributed by atoms with E-state index in [1.807, 2.05) is 0 Å². The fraction of sp³-hybridized carbons (Fsp3) is 0.692. The Kier molecular flexibility index (Phi) is 5.19. The van der Waals surface area contributed by atoms with Crippen molar-refractivity contribution >= 4 is 28.2 Å². The number of nitrogens with one attached hydrogen (secondary N) is 2. The molecule has 0 spiro atoms. The van der Waals surface area contributed by atoms with E-state index in [9.17, 15) is 4.79 Å². The summed E-state index contributed by atoms with van der Waals surface area (Å²) >= 11 is 1.32. The topological polar surface area (TPSA) is 83.3 Å². The van der Waals surface area contributed by atoms with Crippen LogP contribution in [0.25, 0.3) is 0 Å². The molecule has 1 saturated heterocycles. The zero-order valence-corrected chi connectivity index (χ0v) is 12.9. The molecular weight excluding hydrogens is 274 g/mol. The number of nitrogens with zero attached hydrogens (tertiary/aromatic N) is 2. The molecule has 1 aromatic heterocycles. The zero-order valence-electron chi connectivity index (χ0n) is 12.1. The van der Waals surface area contributed by atoms with Crippen molar-refractivity contribution in [3.05, 3.63) is 4.88 Å². The standard InChI is InChI=1S/C13H23N5OS/c1-3-5-15-13-17-11(14)10(20-13)12(19)16-7-9-4-6-18(2)8-9/h9H,3-8,14H2,1-2H3,(H,15,17)(H,16,19). The molecule has 0 radical (unpaired) electrons. The fourth-order valence-corrected chi connectivity index (χ4v) is 3.14. The normalized spacial score (nSPS) is 19.2. The lowest BCUT2D eigenvalue weighted by molar-refractivity contribution is 0.0952. The first kappa shape index (κ1) is 15.1. The molecule has 7 heteroatoms. The molecule has 1 unspecified atom stereocenters. The van der Waals surface area contributed by atoms with Crippen molar-refractivity contribution in [2.45, 2.75) is 19.8 Å². The number of amides is 1. The SMILES string of the molecule is CCCNc1nc(N)c(C(=O)NCC2CCN(C)C2)s1. The van der Waals surface area contributed by atoms with Gasteiger partial charge in [0.15, 0.2) is 5.13 Å². The summed E-state index contributed by atoms with van der Waals surface area (Å²) in [5.74, 6) is 0.740. The molecule has 0 saturated carbocycles. The van der Waals surface area contributed by atoms with Crippen molar-refractivity contribution in [1.29, 1.82) is 0 Å². The van der Waals surface area contributed by atoms with Gasteiger partial charge in [-0.2, -0.15) is 0 Å². The third-order valence-electron chi connectivity index (χ3n) is 3.43. The Morgan fingerprint density at radius 1 is 1.60 bits per heavy atom. The highest BCUT2D eigenvalue weighted by molar-refractivity contribution is 7.18. The Bertz CT molecular complexity index is 462. The van der Waals surface area contributed by atoms with Crippen LogP contribution < -0.4 is 16.4 Å². The minimum Gasteiger partial charge on any atom is -0.382 e. The van der Waals surface area contributed by atoms with Crippen molar-refractivity contribution in [1.82, 2.24) is 15.2 Å². The maximum Gasteiger partial charge on any atom is 0.265 e. The van der Waals surface area contributed by atoms with E-state index in [-0.39, 0.29) is 5.91 Å². The van der Waals surface area contributed by atoms with E-state index >= 15 is 0 Å². The van der Waals surface area contributed by atoms with E-state index in [2.05, 4.69) is 34.5 Å². The maximum atomic E-state index is 12.1. The van der Waals surface area contributed by atoms with Gasteiger partial charge in [-0.25, -0.2) is 4.98 Å². The molecule has 1 aromatic rings. The summed E-state index contributed by atoms with van der Waals surface area (Å²) in [5.41, 5.74) is 5.81. The van der Waals surface area contributed by atoms with E-state index in [0.29, 0.717) is 23.2 Å². The highest BCUT2D eigenvalue weighted by atomic mass is 32.1. The second-order valence-corrected chi connectivity index (χ2v) is 6.29. The highest BCUT2D eigenvalue weighted by Crippen LogP contribution is 2.25. The minimum absolute atomic E-state index is 0.112. The third kappa shape index (κ3) is 3.83. The van der Waals surface area contributed by atoms with Crippen molar-refractivity contribution in [2.75, 3.05) is 44.3 Å². The highest BCUT2D eigenvalue weighted by Gasteiger charge is 2.21. The van der Waals surface area contributed by atoms with E-state index in [1.165, 1.54) is 11.3 Å². The number of carbonyl (C=O) groups is 1. The molecule has 6 nitrogen and oxygen atoms in total. The predicted octanol–water partition coefficient (Wildman–Crippen LogP) is 1.23. The average molecular weight is 297 g/mol. The quantitative estimate of drug-likeness (QED) is 0.735. The molecule has 112 valence electrons. The van der Waals surface area contributed by atoms with Crippen molar-refractivity contribution in [2.24, 2.45) is 5.92 Å². The van der Waals surface area contributed by atoms with Crippen molar-refractivity contribution in [3.63, 3.8) is 0 Å². The van der Waals surface area contributed by atoms with Crippen LogP contribution in [-0.2, 0) is 0 Å². The zero-order chi connectivity index (χ0) is 14.5. The Balaban J connectivity index is 1.86. The molecule has 1 aliphatic heterocycles. The molecule has 2 rings (SSSR count). The van der Waals surface area contributed by atoms with E-state index in [1.54, 1.807) is 0 Å². The van der Waals surface area contributed by atoms with Crippen LogP contribution in [0.3, 0.4) is 0 Å². The van der Waals surface area contributed by atoms with Crippen LogP contribution in [0.1, 0.15) is 29.4 Å². The molecule has 0 aliphatic carbocycles. The van der Waals surface area contributed by atoms with E-state index in [0.717, 1.165) is 37.6 Å². The summed E-state index contributed by atoms with van der Waals surface area (Å²) in [7, 11) is 2.11. The molecule has 0 bridgehead atoms. The second kappa shape index (κ2) is 6.90. The van der Waals surface area contributed by atoms with Gasteiger partial charge in [-0.3, -0.25) is 4.79 Å². The Morgan fingerprint density at radius 3 is 3.05 bits per heavy atom. The fourth-order valence-electron chi connectivity index (χ4n) is 2.31. The predicted molar refractivity (Wildman–Crippen MR) is 83.2 cm³/mol. The molecule has 1 atom stereocenters. The van der Waals surface area contributed by atoms with Gasteiger partial charge >= 0.3 is 0 Å². The molecule has 1 amide bonds. The summed E-state index contributed by atoms with van der Waals surface area (Å²) in [4.78, 5) is 19.1. The van der Waals surface area contributed by atoms with Gasteiger partial charge < -0.3 is 21.3 Å². The first-order valence-corrected chi connectivity index (χ1v) is 7.88. The maximum absolute atomic E-state index is 12.1. The van der Waals surface area contributed by atoms with Crippen molar-refractivity contribution < 1.29 is 4.79 Å². The Morgan fingerprint density at radius 2 is 2.40 bits per heavy atom. The largest absolute Gasteiger partial charge is 0.382 e. The van der Waals surface area contributed by atoms with Crippen LogP contribution in [0.15, 0.2) is 0 Å². The lowest BCUT2D eigenvalue weighted by Crippen LogP contribution is -2.30. The summed E-state index contributed by atoms with van der Waals surface area (Å²) in [6, 6.07) is 0. The number of likely N-dealkylation sites (tertiary alicyclic amines) is 1. The summed E-state index contributed by atoms with van der Waals surface area (Å²) in [6.45, 7) is 5.77. The number of carbonyl (C=O) groups excluding carboxylic acids is 1. The number of hydrogen-bond donors (Lipinski definition) is 3. The van der Waals surface area contributed by atoms with Crippen molar-refractivity contribution in [3.8, 4) is 0 Å². The number of nitrogens with two attached hydrogens (primary N) is 1. The Labute approximate surface area is 123 Å². The molecule has 20 heavy (non-hydrogen) atoms. The van der Waals surface area contributed by atoms with Gasteiger partial charge in [-0.05, 0) is 32.4 Å². The lowest BCUT2D eigenvalue weighted by atomic mass is 10.1. The number of hydrogen-bond acceptors (Lipinski definition) is 6.